The molecule has 1 rings (SSSR count). The summed E-state index contributed by atoms with van der Waals surface area (Å²) in [7, 11) is 0. The van der Waals surface area contributed by atoms with Crippen LogP contribution in [0.15, 0.2) is 4.99 Å². The van der Waals surface area contributed by atoms with E-state index in [4.69, 9.17) is 4.99 Å². The maximum absolute atomic E-state index is 4.72. The van der Waals surface area contributed by atoms with Crippen molar-refractivity contribution >= 4 is 5.71 Å². The zero-order chi connectivity index (χ0) is 9.41. The summed E-state index contributed by atoms with van der Waals surface area (Å²) >= 11 is 0. The molecule has 0 radical (unpaired) electrons. The molecule has 0 unspecified atom stereocenters. The minimum absolute atomic E-state index is 0.157. The van der Waals surface area contributed by atoms with Crippen molar-refractivity contribution in [2.45, 2.75) is 59.4 Å². The van der Waals surface area contributed by atoms with Gasteiger partial charge in [0.05, 0.1) is 5.54 Å². The molecule has 0 saturated heterocycles. The van der Waals surface area contributed by atoms with Gasteiger partial charge in [0.1, 0.15) is 0 Å². The van der Waals surface area contributed by atoms with Gasteiger partial charge in [0, 0.05) is 5.71 Å². The van der Waals surface area contributed by atoms with Gasteiger partial charge >= 0.3 is 0 Å². The van der Waals surface area contributed by atoms with Gasteiger partial charge < -0.3 is 0 Å². The second-order valence-electron chi connectivity index (χ2n) is 5.73. The summed E-state index contributed by atoms with van der Waals surface area (Å²) in [5.41, 5.74) is 1.97. The quantitative estimate of drug-likeness (QED) is 0.597. The summed E-state index contributed by atoms with van der Waals surface area (Å²) in [6, 6.07) is 0. The lowest BCUT2D eigenvalue weighted by atomic mass is 9.82. The van der Waals surface area contributed by atoms with Gasteiger partial charge in [-0.3, -0.25) is 4.99 Å². The molecular formula is C11H21N. The lowest BCUT2D eigenvalue weighted by Gasteiger charge is -2.28. The van der Waals surface area contributed by atoms with E-state index < -0.39 is 0 Å². The average molecular weight is 167 g/mol. The first kappa shape index (κ1) is 9.76. The van der Waals surface area contributed by atoms with Gasteiger partial charge in [0.25, 0.3) is 0 Å². The molecule has 0 amide bonds. The second-order valence-corrected chi connectivity index (χ2v) is 5.73. The predicted molar refractivity (Wildman–Crippen MR) is 54.8 cm³/mol. The Morgan fingerprint density at radius 2 is 1.58 bits per heavy atom. The topological polar surface area (TPSA) is 12.4 Å². The Kier molecular flexibility index (Phi) is 2.33. The van der Waals surface area contributed by atoms with Crippen LogP contribution in [0.4, 0.5) is 0 Å². The average Bonchev–Trinajstić information content (AvgIpc) is 2.39. The van der Waals surface area contributed by atoms with E-state index in [-0.39, 0.29) is 5.54 Å². The van der Waals surface area contributed by atoms with Gasteiger partial charge in [-0.1, -0.05) is 20.8 Å². The van der Waals surface area contributed by atoms with Gasteiger partial charge in [-0.15, -0.1) is 0 Å². The van der Waals surface area contributed by atoms with Gasteiger partial charge in [-0.2, -0.15) is 0 Å². The van der Waals surface area contributed by atoms with E-state index in [1.807, 2.05) is 0 Å². The summed E-state index contributed by atoms with van der Waals surface area (Å²) in [6.45, 7) is 11.3. The third-order valence-corrected chi connectivity index (χ3v) is 1.90. The molecule has 1 aliphatic rings. The molecule has 1 saturated carbocycles. The van der Waals surface area contributed by atoms with Crippen LogP contribution in [-0.2, 0) is 0 Å². The molecule has 0 bridgehead atoms. The van der Waals surface area contributed by atoms with E-state index >= 15 is 0 Å². The van der Waals surface area contributed by atoms with Crippen LogP contribution < -0.4 is 0 Å². The van der Waals surface area contributed by atoms with Crippen LogP contribution in [0.3, 0.4) is 0 Å². The Labute approximate surface area is 76.3 Å². The molecule has 1 nitrogen and oxygen atoms in total. The SMILES string of the molecule is CC(C)(C)CC(C)(C)N=C1CC1. The molecule has 1 aliphatic carbocycles. The fraction of sp³-hybridized carbons (Fsp3) is 0.909. The fourth-order valence-corrected chi connectivity index (χ4v) is 1.93. The summed E-state index contributed by atoms with van der Waals surface area (Å²) in [6.07, 6.45) is 3.66. The van der Waals surface area contributed by atoms with Crippen molar-refractivity contribution in [1.82, 2.24) is 0 Å². The third kappa shape index (κ3) is 3.89. The first-order chi connectivity index (χ1) is 5.29. The molecule has 0 spiro atoms. The molecule has 0 aromatic rings. The van der Waals surface area contributed by atoms with Crippen molar-refractivity contribution in [3.63, 3.8) is 0 Å². The molecule has 0 aromatic heterocycles. The normalized spacial score (nSPS) is 17.9. The first-order valence-corrected chi connectivity index (χ1v) is 4.86. The minimum Gasteiger partial charge on any atom is -0.288 e. The number of nitrogens with zero attached hydrogens (tertiary/aromatic N) is 1. The molecular weight excluding hydrogens is 146 g/mol. The summed E-state index contributed by atoms with van der Waals surface area (Å²) in [5, 5.41) is 0. The van der Waals surface area contributed by atoms with Gasteiger partial charge in [-0.25, -0.2) is 0 Å². The highest BCUT2D eigenvalue weighted by molar-refractivity contribution is 5.98. The smallest absolute Gasteiger partial charge is 0.0556 e. The molecule has 1 fully saturated rings. The van der Waals surface area contributed by atoms with Crippen molar-refractivity contribution in [2.75, 3.05) is 0 Å². The monoisotopic (exact) mass is 167 g/mol. The van der Waals surface area contributed by atoms with Crippen molar-refractivity contribution < 1.29 is 0 Å². The summed E-state index contributed by atoms with van der Waals surface area (Å²) in [4.78, 5) is 4.72. The van der Waals surface area contributed by atoms with Crippen LogP contribution in [0.25, 0.3) is 0 Å². The molecule has 0 aromatic carbocycles. The lowest BCUT2D eigenvalue weighted by Crippen LogP contribution is -2.25. The largest absolute Gasteiger partial charge is 0.288 e. The fourth-order valence-electron chi connectivity index (χ4n) is 1.93. The van der Waals surface area contributed by atoms with Crippen LogP contribution in [0.2, 0.25) is 0 Å². The molecule has 1 heteroatoms. The highest BCUT2D eigenvalue weighted by Gasteiger charge is 2.27. The van der Waals surface area contributed by atoms with E-state index in [1.54, 1.807) is 0 Å². The van der Waals surface area contributed by atoms with Crippen LogP contribution in [0.5, 0.6) is 0 Å². The Hall–Kier alpha value is -0.330. The highest BCUT2D eigenvalue weighted by atomic mass is 14.9. The summed E-state index contributed by atoms with van der Waals surface area (Å²) in [5.74, 6) is 0. The maximum atomic E-state index is 4.72. The van der Waals surface area contributed by atoms with Crippen LogP contribution in [0, 0.1) is 5.41 Å². The Morgan fingerprint density at radius 1 is 1.08 bits per heavy atom. The van der Waals surface area contributed by atoms with Crippen LogP contribution in [0.1, 0.15) is 53.9 Å². The van der Waals surface area contributed by atoms with Crippen LogP contribution >= 0.6 is 0 Å². The first-order valence-electron chi connectivity index (χ1n) is 4.86. The van der Waals surface area contributed by atoms with E-state index in [0.717, 1.165) is 0 Å². The van der Waals surface area contributed by atoms with E-state index in [1.165, 1.54) is 25.0 Å². The van der Waals surface area contributed by atoms with Crippen molar-refractivity contribution in [2.24, 2.45) is 10.4 Å². The third-order valence-electron chi connectivity index (χ3n) is 1.90. The van der Waals surface area contributed by atoms with Crippen LogP contribution in [-0.4, -0.2) is 11.3 Å². The molecule has 0 N–H and O–H groups in total. The number of hydrogen-bond acceptors (Lipinski definition) is 1. The number of aliphatic imine (C=N–C) groups is 1. The van der Waals surface area contributed by atoms with E-state index in [2.05, 4.69) is 34.6 Å². The van der Waals surface area contributed by atoms with Crippen molar-refractivity contribution in [3.8, 4) is 0 Å². The van der Waals surface area contributed by atoms with Crippen molar-refractivity contribution in [1.29, 1.82) is 0 Å². The molecule has 0 heterocycles. The molecule has 70 valence electrons. The second kappa shape index (κ2) is 2.86. The van der Waals surface area contributed by atoms with Gasteiger partial charge in [0.15, 0.2) is 0 Å². The van der Waals surface area contributed by atoms with Gasteiger partial charge in [0.2, 0.25) is 0 Å². The molecule has 12 heavy (non-hydrogen) atoms. The maximum Gasteiger partial charge on any atom is 0.0556 e. The predicted octanol–water partition coefficient (Wildman–Crippen LogP) is 3.44. The Morgan fingerprint density at radius 3 is 1.92 bits per heavy atom. The molecule has 0 atom stereocenters. The van der Waals surface area contributed by atoms with E-state index in [0.29, 0.717) is 5.41 Å². The zero-order valence-electron chi connectivity index (χ0n) is 9.07. The van der Waals surface area contributed by atoms with Crippen molar-refractivity contribution in [3.05, 3.63) is 0 Å². The van der Waals surface area contributed by atoms with Gasteiger partial charge in [-0.05, 0) is 38.5 Å². The molecule has 0 aliphatic heterocycles. The van der Waals surface area contributed by atoms with E-state index in [9.17, 15) is 0 Å². The Balaban J connectivity index is 2.53. The number of rotatable bonds is 2. The highest BCUT2D eigenvalue weighted by Crippen LogP contribution is 2.31. The minimum atomic E-state index is 0.157. The summed E-state index contributed by atoms with van der Waals surface area (Å²) < 4.78 is 0. The Bertz CT molecular complexity index is 188. The standard InChI is InChI=1S/C11H21N/c1-10(2,3)8-11(4,5)12-9-6-7-9/h6-8H2,1-5H3. The lowest BCUT2D eigenvalue weighted by molar-refractivity contribution is 0.288. The zero-order valence-corrected chi connectivity index (χ0v) is 9.07. The number of hydrogen-bond donors (Lipinski definition) is 0.